The van der Waals surface area contributed by atoms with Gasteiger partial charge in [-0.05, 0) is 30.6 Å². The number of nitrogens with two attached hydrogens (primary N) is 1. The molecule has 18 heavy (non-hydrogen) atoms. The molecule has 1 fully saturated rings. The van der Waals surface area contributed by atoms with Gasteiger partial charge in [0.05, 0.1) is 0 Å². The number of nitrogens with one attached hydrogen (secondary N) is 1. The summed E-state index contributed by atoms with van der Waals surface area (Å²) in [5.41, 5.74) is 1.94. The predicted octanol–water partition coefficient (Wildman–Crippen LogP) is 1.37. The molecule has 0 radical (unpaired) electrons. The van der Waals surface area contributed by atoms with Gasteiger partial charge in [-0.15, -0.1) is 0 Å². The zero-order chi connectivity index (χ0) is 13.7. The number of ether oxygens (including phenoxy) is 1. The van der Waals surface area contributed by atoms with Gasteiger partial charge in [-0.3, -0.25) is 15.0 Å². The lowest BCUT2D eigenvalue weighted by atomic mass is 9.75. The van der Waals surface area contributed by atoms with Crippen LogP contribution in [-0.2, 0) is 14.3 Å². The molecule has 1 aliphatic rings. The van der Waals surface area contributed by atoms with Crippen molar-refractivity contribution in [3.63, 3.8) is 0 Å². The highest BCUT2D eigenvalue weighted by atomic mass is 16.5. The molecule has 5 nitrogen and oxygen atoms in total. The minimum Gasteiger partial charge on any atom is -0.462 e. The zero-order valence-corrected chi connectivity index (χ0v) is 11.4. The van der Waals surface area contributed by atoms with Gasteiger partial charge in [0.15, 0.2) is 0 Å². The Morgan fingerprint density at radius 3 is 2.61 bits per heavy atom. The van der Waals surface area contributed by atoms with Crippen LogP contribution in [0.15, 0.2) is 0 Å². The van der Waals surface area contributed by atoms with Gasteiger partial charge in [0.25, 0.3) is 0 Å². The van der Waals surface area contributed by atoms with Crippen molar-refractivity contribution in [1.29, 1.82) is 0 Å². The molecule has 0 aliphatic heterocycles. The molecule has 1 amide bonds. The lowest BCUT2D eigenvalue weighted by Crippen LogP contribution is -2.38. The molecule has 0 aromatic heterocycles. The van der Waals surface area contributed by atoms with Crippen molar-refractivity contribution >= 4 is 11.9 Å². The predicted molar refractivity (Wildman–Crippen MR) is 68.2 cm³/mol. The Bertz CT molecular complexity index is 305. The lowest BCUT2D eigenvalue weighted by Gasteiger charge is -2.36. The molecule has 0 heterocycles. The van der Waals surface area contributed by atoms with E-state index in [9.17, 15) is 9.59 Å². The maximum Gasteiger partial charge on any atom is 0.315 e. The first-order chi connectivity index (χ1) is 8.43. The summed E-state index contributed by atoms with van der Waals surface area (Å²) in [6.45, 7) is 6.46. The Morgan fingerprint density at radius 2 is 2.06 bits per heavy atom. The number of esters is 1. The smallest absolute Gasteiger partial charge is 0.315 e. The van der Waals surface area contributed by atoms with Gasteiger partial charge < -0.3 is 4.74 Å². The third kappa shape index (κ3) is 4.29. The van der Waals surface area contributed by atoms with Crippen LogP contribution in [0.2, 0.25) is 0 Å². The quantitative estimate of drug-likeness (QED) is 0.262. The van der Waals surface area contributed by atoms with E-state index in [-0.39, 0.29) is 12.5 Å². The second kappa shape index (κ2) is 6.73. The molecular formula is C13H24N2O3. The van der Waals surface area contributed by atoms with Gasteiger partial charge in [-0.1, -0.05) is 27.2 Å². The molecule has 5 heteroatoms. The van der Waals surface area contributed by atoms with Gasteiger partial charge in [-0.2, -0.15) is 0 Å². The molecule has 0 spiro atoms. The van der Waals surface area contributed by atoms with Crippen LogP contribution in [-0.4, -0.2) is 18.0 Å². The number of rotatable bonds is 4. The molecule has 0 aromatic carbocycles. The number of hydrogen-bond donors (Lipinski definition) is 2. The van der Waals surface area contributed by atoms with Crippen LogP contribution in [0.3, 0.4) is 0 Å². The lowest BCUT2D eigenvalue weighted by molar-refractivity contribution is -0.157. The van der Waals surface area contributed by atoms with Crippen LogP contribution in [0.5, 0.6) is 0 Å². The standard InChI is InChI=1S/C13H24N2O3/c1-8(2)10-5-4-9(3)6-11(10)18-13(17)7-12(16)15-14/h8-11H,4-7,14H2,1-3H3,(H,15,16)/t9-,10+,11-/m1/s1. The Morgan fingerprint density at radius 1 is 1.39 bits per heavy atom. The third-order valence-corrected chi connectivity index (χ3v) is 3.71. The van der Waals surface area contributed by atoms with E-state index in [0.717, 1.165) is 12.8 Å². The van der Waals surface area contributed by atoms with Crippen LogP contribution < -0.4 is 11.3 Å². The average molecular weight is 256 g/mol. The number of amides is 1. The fourth-order valence-electron chi connectivity index (χ4n) is 2.64. The molecule has 104 valence electrons. The topological polar surface area (TPSA) is 81.4 Å². The fourth-order valence-corrected chi connectivity index (χ4v) is 2.64. The Balaban J connectivity index is 2.55. The van der Waals surface area contributed by atoms with Crippen LogP contribution in [0, 0.1) is 17.8 Å². The molecule has 3 N–H and O–H groups in total. The van der Waals surface area contributed by atoms with Crippen molar-refractivity contribution in [2.24, 2.45) is 23.6 Å². The Kier molecular flexibility index (Phi) is 5.59. The molecule has 1 saturated carbocycles. The monoisotopic (exact) mass is 256 g/mol. The van der Waals surface area contributed by atoms with E-state index in [2.05, 4.69) is 20.8 Å². The highest BCUT2D eigenvalue weighted by Gasteiger charge is 2.33. The van der Waals surface area contributed by atoms with E-state index in [1.807, 2.05) is 5.43 Å². The SMILES string of the molecule is CC(C)[C@@H]1CC[C@@H](C)C[C@H]1OC(=O)CC(=O)NN. The fraction of sp³-hybridized carbons (Fsp3) is 0.846. The summed E-state index contributed by atoms with van der Waals surface area (Å²) in [5.74, 6) is 5.40. The van der Waals surface area contributed by atoms with Gasteiger partial charge >= 0.3 is 5.97 Å². The van der Waals surface area contributed by atoms with E-state index >= 15 is 0 Å². The molecule has 0 saturated heterocycles. The third-order valence-electron chi connectivity index (χ3n) is 3.71. The van der Waals surface area contributed by atoms with Crippen molar-refractivity contribution in [1.82, 2.24) is 5.43 Å². The van der Waals surface area contributed by atoms with Crippen molar-refractivity contribution in [3.05, 3.63) is 0 Å². The zero-order valence-electron chi connectivity index (χ0n) is 11.4. The Hall–Kier alpha value is -1.10. The van der Waals surface area contributed by atoms with Crippen molar-refractivity contribution < 1.29 is 14.3 Å². The van der Waals surface area contributed by atoms with E-state index in [0.29, 0.717) is 17.8 Å². The first-order valence-electron chi connectivity index (χ1n) is 6.63. The minimum absolute atomic E-state index is 0.0631. The second-order valence-corrected chi connectivity index (χ2v) is 5.60. The summed E-state index contributed by atoms with van der Waals surface area (Å²) >= 11 is 0. The summed E-state index contributed by atoms with van der Waals surface area (Å²) in [5, 5.41) is 0. The van der Waals surface area contributed by atoms with E-state index < -0.39 is 11.9 Å². The summed E-state index contributed by atoms with van der Waals surface area (Å²) in [7, 11) is 0. The van der Waals surface area contributed by atoms with Crippen molar-refractivity contribution in [3.8, 4) is 0 Å². The number of hydrogen-bond acceptors (Lipinski definition) is 4. The maximum absolute atomic E-state index is 11.6. The summed E-state index contributed by atoms with van der Waals surface area (Å²) in [6, 6.07) is 0. The molecular weight excluding hydrogens is 232 g/mol. The summed E-state index contributed by atoms with van der Waals surface area (Å²) in [4.78, 5) is 22.6. The van der Waals surface area contributed by atoms with Crippen LogP contribution >= 0.6 is 0 Å². The molecule has 0 unspecified atom stereocenters. The molecule has 0 aromatic rings. The maximum atomic E-state index is 11.6. The first-order valence-corrected chi connectivity index (χ1v) is 6.63. The van der Waals surface area contributed by atoms with Gasteiger partial charge in [-0.25, -0.2) is 5.84 Å². The number of carbonyl (C=O) groups excluding carboxylic acids is 2. The van der Waals surface area contributed by atoms with E-state index in [1.54, 1.807) is 0 Å². The van der Waals surface area contributed by atoms with Gasteiger partial charge in [0, 0.05) is 0 Å². The van der Waals surface area contributed by atoms with Crippen LogP contribution in [0.1, 0.15) is 46.5 Å². The average Bonchev–Trinajstić information content (AvgIpc) is 2.28. The van der Waals surface area contributed by atoms with Crippen LogP contribution in [0.4, 0.5) is 0 Å². The largest absolute Gasteiger partial charge is 0.462 e. The van der Waals surface area contributed by atoms with Gasteiger partial charge in [0.1, 0.15) is 12.5 Å². The molecule has 3 atom stereocenters. The summed E-state index contributed by atoms with van der Waals surface area (Å²) < 4.78 is 5.45. The highest BCUT2D eigenvalue weighted by Crippen LogP contribution is 2.35. The first kappa shape index (κ1) is 15.0. The van der Waals surface area contributed by atoms with Crippen molar-refractivity contribution in [2.75, 3.05) is 0 Å². The highest BCUT2D eigenvalue weighted by molar-refractivity contribution is 5.93. The Labute approximate surface area is 108 Å². The van der Waals surface area contributed by atoms with Crippen LogP contribution in [0.25, 0.3) is 0 Å². The second-order valence-electron chi connectivity index (χ2n) is 5.60. The number of carbonyl (C=O) groups is 2. The molecule has 0 bridgehead atoms. The molecule has 1 rings (SSSR count). The van der Waals surface area contributed by atoms with Gasteiger partial charge in [0.2, 0.25) is 5.91 Å². The summed E-state index contributed by atoms with van der Waals surface area (Å²) in [6.07, 6.45) is 2.79. The normalized spacial score (nSPS) is 27.9. The van der Waals surface area contributed by atoms with E-state index in [1.165, 1.54) is 6.42 Å². The number of hydrazine groups is 1. The van der Waals surface area contributed by atoms with E-state index in [4.69, 9.17) is 10.6 Å². The minimum atomic E-state index is -0.509. The van der Waals surface area contributed by atoms with Crippen molar-refractivity contribution in [2.45, 2.75) is 52.6 Å². The molecule has 1 aliphatic carbocycles.